The van der Waals surface area contributed by atoms with Crippen LogP contribution in [0.25, 0.3) is 10.8 Å². The molecule has 3 aliphatic rings. The summed E-state index contributed by atoms with van der Waals surface area (Å²) >= 11 is 0. The van der Waals surface area contributed by atoms with Crippen molar-refractivity contribution in [3.05, 3.63) is 53.2 Å². The second kappa shape index (κ2) is 10.8. The molecule has 0 amide bonds. The third-order valence-corrected chi connectivity index (χ3v) is 8.22. The molecule has 0 spiro atoms. The van der Waals surface area contributed by atoms with Gasteiger partial charge in [0.1, 0.15) is 12.4 Å². The van der Waals surface area contributed by atoms with Crippen molar-refractivity contribution in [1.29, 1.82) is 5.26 Å². The SMILES string of the molecule is [2H]C([2H])([2H])c1cccc2cccc(N3CCc4c(nc(OC[C@@H]5CCCN5C)nc4N4CCN[C@@H](CC#N)C4)C3)c12. The predicted octanol–water partition coefficient (Wildman–Crippen LogP) is 3.67. The maximum absolute atomic E-state index is 9.29. The van der Waals surface area contributed by atoms with E-state index in [-0.39, 0.29) is 6.04 Å². The second-order valence-electron chi connectivity index (χ2n) is 10.7. The molecule has 2 fully saturated rings. The number of hydrogen-bond acceptors (Lipinski definition) is 8. The van der Waals surface area contributed by atoms with Crippen LogP contribution in [0.5, 0.6) is 6.01 Å². The van der Waals surface area contributed by atoms with Crippen LogP contribution in [0.15, 0.2) is 36.4 Å². The Hall–Kier alpha value is -3.41. The molecule has 0 saturated carbocycles. The van der Waals surface area contributed by atoms with E-state index in [9.17, 15) is 5.26 Å². The lowest BCUT2D eigenvalue weighted by atomic mass is 9.99. The lowest BCUT2D eigenvalue weighted by Gasteiger charge is -2.37. The molecule has 6 rings (SSSR count). The average Bonchev–Trinajstić information content (AvgIpc) is 3.39. The number of aromatic nitrogens is 2. The first-order chi connectivity index (χ1) is 19.8. The summed E-state index contributed by atoms with van der Waals surface area (Å²) in [5, 5.41) is 14.4. The van der Waals surface area contributed by atoms with Crippen LogP contribution in [0, 0.1) is 18.2 Å². The van der Waals surface area contributed by atoms with Crippen molar-refractivity contribution < 1.29 is 8.85 Å². The van der Waals surface area contributed by atoms with E-state index < -0.39 is 6.85 Å². The molecule has 3 aromatic rings. The molecule has 0 bridgehead atoms. The topological polar surface area (TPSA) is 80.6 Å². The van der Waals surface area contributed by atoms with Gasteiger partial charge in [0.15, 0.2) is 0 Å². The molecule has 38 heavy (non-hydrogen) atoms. The standard InChI is InChI=1S/C30H37N7O/c1-21-6-3-7-22-8-4-10-27(28(21)22)36-16-12-25-26(19-36)33-30(38-20-24-9-5-15-35(24)2)34-29(25)37-17-14-32-23(18-37)11-13-31/h3-4,6-8,10,23-24,32H,5,9,11-12,14-20H2,1-2H3/t23-,24-/m0/s1/i1D3. The van der Waals surface area contributed by atoms with Crippen molar-refractivity contribution in [1.82, 2.24) is 20.2 Å². The summed E-state index contributed by atoms with van der Waals surface area (Å²) < 4.78 is 30.8. The number of nitrogens with one attached hydrogen (secondary N) is 1. The number of aryl methyl sites for hydroxylation is 1. The van der Waals surface area contributed by atoms with Gasteiger partial charge in [-0.2, -0.15) is 15.2 Å². The van der Waals surface area contributed by atoms with Gasteiger partial charge >= 0.3 is 6.01 Å². The Morgan fingerprint density at radius 2 is 2.05 bits per heavy atom. The molecule has 2 saturated heterocycles. The Bertz CT molecular complexity index is 1450. The van der Waals surface area contributed by atoms with Gasteiger partial charge in [-0.05, 0) is 56.7 Å². The molecule has 8 nitrogen and oxygen atoms in total. The average molecular weight is 515 g/mol. The van der Waals surface area contributed by atoms with E-state index >= 15 is 0 Å². The monoisotopic (exact) mass is 514 g/mol. The molecular formula is C30H37N7O. The van der Waals surface area contributed by atoms with Crippen molar-refractivity contribution >= 4 is 22.3 Å². The zero-order chi connectivity index (χ0) is 28.6. The third kappa shape index (κ3) is 4.89. The van der Waals surface area contributed by atoms with Gasteiger partial charge in [0.25, 0.3) is 0 Å². The van der Waals surface area contributed by atoms with Crippen LogP contribution in [0.3, 0.4) is 0 Å². The number of anilines is 2. The number of likely N-dealkylation sites (tertiary alicyclic amines) is 1. The van der Waals surface area contributed by atoms with E-state index in [1.165, 1.54) is 6.42 Å². The number of fused-ring (bicyclic) bond motifs is 2. The van der Waals surface area contributed by atoms with Crippen LogP contribution in [0.1, 0.15) is 40.2 Å². The minimum Gasteiger partial charge on any atom is -0.462 e. The quantitative estimate of drug-likeness (QED) is 0.534. The number of piperazine rings is 1. The fraction of sp³-hybridized carbons (Fsp3) is 0.500. The minimum absolute atomic E-state index is 0.0879. The first-order valence-electron chi connectivity index (χ1n) is 15.2. The zero-order valence-corrected chi connectivity index (χ0v) is 22.0. The van der Waals surface area contributed by atoms with Crippen molar-refractivity contribution in [2.24, 2.45) is 0 Å². The highest BCUT2D eigenvalue weighted by atomic mass is 16.5. The molecule has 3 aliphatic heterocycles. The van der Waals surface area contributed by atoms with E-state index in [1.54, 1.807) is 6.07 Å². The van der Waals surface area contributed by atoms with Gasteiger partial charge < -0.3 is 24.8 Å². The fourth-order valence-electron chi connectivity index (χ4n) is 6.13. The molecule has 2 atom stereocenters. The van der Waals surface area contributed by atoms with E-state index in [2.05, 4.69) is 33.1 Å². The highest BCUT2D eigenvalue weighted by Gasteiger charge is 2.30. The number of rotatable bonds is 6. The first kappa shape index (κ1) is 21.5. The fourth-order valence-corrected chi connectivity index (χ4v) is 6.13. The lowest BCUT2D eigenvalue weighted by molar-refractivity contribution is 0.187. The maximum Gasteiger partial charge on any atom is 0.318 e. The van der Waals surface area contributed by atoms with Crippen LogP contribution in [0.4, 0.5) is 11.5 Å². The molecule has 0 unspecified atom stereocenters. The predicted molar refractivity (Wildman–Crippen MR) is 151 cm³/mol. The lowest BCUT2D eigenvalue weighted by Crippen LogP contribution is -2.51. The minimum atomic E-state index is -2.21. The summed E-state index contributed by atoms with van der Waals surface area (Å²) in [5.74, 6) is 0.898. The molecule has 2 aromatic carbocycles. The van der Waals surface area contributed by atoms with Crippen LogP contribution in [-0.4, -0.2) is 73.3 Å². The Morgan fingerprint density at radius 3 is 2.87 bits per heavy atom. The largest absolute Gasteiger partial charge is 0.462 e. The number of hydrogen-bond donors (Lipinski definition) is 1. The van der Waals surface area contributed by atoms with Crippen molar-refractivity contribution in [2.75, 3.05) is 56.2 Å². The maximum atomic E-state index is 9.29. The number of nitriles is 1. The van der Waals surface area contributed by atoms with E-state index in [0.717, 1.165) is 72.6 Å². The van der Waals surface area contributed by atoms with Gasteiger partial charge in [-0.1, -0.05) is 30.3 Å². The molecule has 4 heterocycles. The van der Waals surface area contributed by atoms with Crippen molar-refractivity contribution in [3.8, 4) is 12.1 Å². The molecule has 198 valence electrons. The number of benzene rings is 2. The molecule has 0 radical (unpaired) electrons. The Kier molecular flexibility index (Phi) is 6.09. The van der Waals surface area contributed by atoms with Gasteiger partial charge in [0.05, 0.1) is 24.7 Å². The summed E-state index contributed by atoms with van der Waals surface area (Å²) in [4.78, 5) is 16.7. The summed E-state index contributed by atoms with van der Waals surface area (Å²) in [6, 6.07) is 14.6. The molecule has 1 aromatic heterocycles. The van der Waals surface area contributed by atoms with Gasteiger partial charge in [-0.3, -0.25) is 0 Å². The normalized spacial score (nSPS) is 23.4. The Balaban J connectivity index is 1.36. The third-order valence-electron chi connectivity index (χ3n) is 8.22. The van der Waals surface area contributed by atoms with E-state index in [1.807, 2.05) is 30.3 Å². The van der Waals surface area contributed by atoms with Gasteiger partial charge in [0, 0.05) is 59.0 Å². The van der Waals surface area contributed by atoms with Crippen LogP contribution < -0.4 is 19.9 Å². The molecule has 8 heteroatoms. The van der Waals surface area contributed by atoms with Gasteiger partial charge in [-0.25, -0.2) is 0 Å². The van der Waals surface area contributed by atoms with Crippen LogP contribution in [-0.2, 0) is 13.0 Å². The molecular weight excluding hydrogens is 474 g/mol. The summed E-state index contributed by atoms with van der Waals surface area (Å²) in [6.07, 6.45) is 3.44. The van der Waals surface area contributed by atoms with Crippen molar-refractivity contribution in [2.45, 2.75) is 51.2 Å². The number of nitrogens with zero attached hydrogens (tertiary/aromatic N) is 6. The smallest absolute Gasteiger partial charge is 0.318 e. The highest BCUT2D eigenvalue weighted by Crippen LogP contribution is 2.35. The summed E-state index contributed by atoms with van der Waals surface area (Å²) in [7, 11) is 2.13. The Morgan fingerprint density at radius 1 is 1.16 bits per heavy atom. The van der Waals surface area contributed by atoms with E-state index in [4.69, 9.17) is 18.8 Å². The Labute approximate surface area is 229 Å². The summed E-state index contributed by atoms with van der Waals surface area (Å²) in [6.45, 7) is 2.95. The van der Waals surface area contributed by atoms with Gasteiger partial charge in [0.2, 0.25) is 0 Å². The number of ether oxygens (including phenoxy) is 1. The molecule has 1 N–H and O–H groups in total. The number of likely N-dealkylation sites (N-methyl/N-ethyl adjacent to an activating group) is 1. The van der Waals surface area contributed by atoms with Crippen LogP contribution in [0.2, 0.25) is 0 Å². The van der Waals surface area contributed by atoms with Gasteiger partial charge in [-0.15, -0.1) is 0 Å². The highest BCUT2D eigenvalue weighted by molar-refractivity contribution is 5.97. The van der Waals surface area contributed by atoms with Crippen molar-refractivity contribution in [3.63, 3.8) is 0 Å². The second-order valence-corrected chi connectivity index (χ2v) is 10.7. The first-order valence-corrected chi connectivity index (χ1v) is 13.7. The summed E-state index contributed by atoms with van der Waals surface area (Å²) in [5.41, 5.74) is 3.30. The van der Waals surface area contributed by atoms with E-state index in [0.29, 0.717) is 43.7 Å². The van der Waals surface area contributed by atoms with Crippen LogP contribution >= 0.6 is 0 Å². The molecule has 0 aliphatic carbocycles. The zero-order valence-electron chi connectivity index (χ0n) is 25.0.